The summed E-state index contributed by atoms with van der Waals surface area (Å²) in [4.78, 5) is 29.3. The molecule has 0 radical (unpaired) electrons. The van der Waals surface area contributed by atoms with Crippen LogP contribution in [0.5, 0.6) is 11.6 Å². The lowest BCUT2D eigenvalue weighted by molar-refractivity contribution is -0.117. The molecule has 1 aromatic heterocycles. The quantitative estimate of drug-likeness (QED) is 0.815. The average molecular weight is 381 g/mol. The molecule has 1 fully saturated rings. The number of urea groups is 1. The Morgan fingerprint density at radius 3 is 2.61 bits per heavy atom. The maximum atomic E-state index is 12.1. The lowest BCUT2D eigenvalue weighted by Gasteiger charge is -2.27. The highest BCUT2D eigenvalue weighted by Gasteiger charge is 2.36. The lowest BCUT2D eigenvalue weighted by atomic mass is 9.84. The van der Waals surface area contributed by atoms with Gasteiger partial charge in [0.1, 0.15) is 11.8 Å². The smallest absolute Gasteiger partial charge is 0.329 e. The van der Waals surface area contributed by atoms with Crippen LogP contribution in [-0.2, 0) is 16.1 Å². The first kappa shape index (κ1) is 18.4. The maximum Gasteiger partial charge on any atom is 0.329 e. The average Bonchev–Trinajstić information content (AvgIpc) is 3.16. The Morgan fingerprint density at radius 2 is 2.00 bits per heavy atom. The third kappa shape index (κ3) is 3.22. The molecule has 2 aliphatic rings. The monoisotopic (exact) mass is 381 g/mol. The number of pyridine rings is 1. The van der Waals surface area contributed by atoms with Crippen molar-refractivity contribution in [3.05, 3.63) is 47.7 Å². The number of fused-ring (bicyclic) bond motifs is 1. The number of nitrogens with one attached hydrogen (secondary N) is 1. The maximum absolute atomic E-state index is 12.1. The van der Waals surface area contributed by atoms with Crippen LogP contribution in [0.3, 0.4) is 0 Å². The first-order chi connectivity index (χ1) is 13.2. The fraction of sp³-hybridized carbons (Fsp3) is 0.381. The van der Waals surface area contributed by atoms with Gasteiger partial charge in [-0.3, -0.25) is 4.79 Å². The molecule has 1 aromatic carbocycles. The number of imide groups is 1. The molecule has 1 saturated heterocycles. The van der Waals surface area contributed by atoms with Gasteiger partial charge in [0.05, 0.1) is 24.6 Å². The van der Waals surface area contributed by atoms with Gasteiger partial charge < -0.3 is 14.8 Å². The number of hydrogen-bond acceptors (Lipinski definition) is 5. The second kappa shape index (κ2) is 6.60. The van der Waals surface area contributed by atoms with Gasteiger partial charge in [-0.1, -0.05) is 26.8 Å². The van der Waals surface area contributed by atoms with Gasteiger partial charge in [-0.15, -0.1) is 0 Å². The minimum Gasteiger partial charge on any atom is -0.439 e. The van der Waals surface area contributed by atoms with Gasteiger partial charge in [0.2, 0.25) is 5.88 Å². The molecular formula is C21H23N3O4. The van der Waals surface area contributed by atoms with E-state index in [9.17, 15) is 9.59 Å². The van der Waals surface area contributed by atoms with Crippen molar-refractivity contribution in [1.29, 1.82) is 0 Å². The minimum atomic E-state index is -0.534. The van der Waals surface area contributed by atoms with E-state index < -0.39 is 12.1 Å². The van der Waals surface area contributed by atoms with Crippen LogP contribution in [0.15, 0.2) is 36.5 Å². The van der Waals surface area contributed by atoms with E-state index >= 15 is 0 Å². The Morgan fingerprint density at radius 1 is 1.21 bits per heavy atom. The Labute approximate surface area is 163 Å². The third-order valence-corrected chi connectivity index (χ3v) is 4.93. The van der Waals surface area contributed by atoms with Crippen LogP contribution in [0.2, 0.25) is 0 Å². The van der Waals surface area contributed by atoms with E-state index in [2.05, 4.69) is 31.1 Å². The number of amides is 3. The summed E-state index contributed by atoms with van der Waals surface area (Å²) in [6.45, 7) is 8.70. The summed E-state index contributed by atoms with van der Waals surface area (Å²) >= 11 is 0. The number of carbonyl (C=O) groups excluding carboxylic acids is 2. The largest absolute Gasteiger partial charge is 0.439 e. The molecule has 1 unspecified atom stereocenters. The van der Waals surface area contributed by atoms with Crippen molar-refractivity contribution >= 4 is 17.6 Å². The topological polar surface area (TPSA) is 80.8 Å². The van der Waals surface area contributed by atoms with Crippen molar-refractivity contribution < 1.29 is 19.1 Å². The molecule has 28 heavy (non-hydrogen) atoms. The SMILES string of the molecule is C[C@@H]1NC(=O)N(c2ccc(Oc3ccc4c(c3)C(C(C)(C)C)OC4)nc2)C1=O. The number of rotatable bonds is 3. The van der Waals surface area contributed by atoms with Crippen molar-refractivity contribution in [2.45, 2.75) is 46.4 Å². The number of aromatic nitrogens is 1. The van der Waals surface area contributed by atoms with E-state index in [1.807, 2.05) is 18.2 Å². The lowest BCUT2D eigenvalue weighted by Crippen LogP contribution is -2.30. The normalized spacial score (nSPS) is 21.6. The van der Waals surface area contributed by atoms with Crippen molar-refractivity contribution in [3.8, 4) is 11.6 Å². The highest BCUT2D eigenvalue weighted by Crippen LogP contribution is 2.44. The number of carbonyl (C=O) groups is 2. The first-order valence-electron chi connectivity index (χ1n) is 9.27. The van der Waals surface area contributed by atoms with Gasteiger partial charge in [-0.25, -0.2) is 14.7 Å². The summed E-state index contributed by atoms with van der Waals surface area (Å²) in [5, 5.41) is 2.58. The Kier molecular flexibility index (Phi) is 4.34. The summed E-state index contributed by atoms with van der Waals surface area (Å²) in [5.74, 6) is 0.754. The number of anilines is 1. The van der Waals surface area contributed by atoms with E-state index in [-0.39, 0.29) is 17.4 Å². The van der Waals surface area contributed by atoms with Crippen LogP contribution in [0.1, 0.15) is 44.9 Å². The molecule has 0 bridgehead atoms. The van der Waals surface area contributed by atoms with Gasteiger partial charge in [-0.2, -0.15) is 0 Å². The molecule has 7 heteroatoms. The number of benzene rings is 1. The summed E-state index contributed by atoms with van der Waals surface area (Å²) in [6.07, 6.45) is 1.47. The molecule has 7 nitrogen and oxygen atoms in total. The van der Waals surface area contributed by atoms with Gasteiger partial charge in [0.25, 0.3) is 5.91 Å². The fourth-order valence-electron chi connectivity index (χ4n) is 3.53. The Bertz CT molecular complexity index is 934. The van der Waals surface area contributed by atoms with Crippen LogP contribution < -0.4 is 15.0 Å². The van der Waals surface area contributed by atoms with E-state index in [1.165, 1.54) is 11.8 Å². The van der Waals surface area contributed by atoms with Crippen LogP contribution in [0.4, 0.5) is 10.5 Å². The Balaban J connectivity index is 1.53. The number of hydrogen-bond donors (Lipinski definition) is 1. The highest BCUT2D eigenvalue weighted by molar-refractivity contribution is 6.21. The predicted octanol–water partition coefficient (Wildman–Crippen LogP) is 3.94. The first-order valence-corrected chi connectivity index (χ1v) is 9.27. The molecule has 2 atom stereocenters. The standard InChI is InChI=1S/C21H23N3O4/c1-12-19(25)24(20(26)23-12)14-6-8-17(22-10-14)28-15-7-5-13-11-27-18(16(13)9-15)21(2,3)4/h5-10,12,18H,11H2,1-4H3,(H,23,26)/t12-,18?/m0/s1. The molecular weight excluding hydrogens is 358 g/mol. The van der Waals surface area contributed by atoms with E-state index in [0.29, 0.717) is 23.9 Å². The zero-order valence-electron chi connectivity index (χ0n) is 16.4. The predicted molar refractivity (Wildman–Crippen MR) is 103 cm³/mol. The van der Waals surface area contributed by atoms with Gasteiger partial charge >= 0.3 is 6.03 Å². The molecule has 0 saturated carbocycles. The van der Waals surface area contributed by atoms with E-state index in [4.69, 9.17) is 9.47 Å². The van der Waals surface area contributed by atoms with Crippen LogP contribution >= 0.6 is 0 Å². The van der Waals surface area contributed by atoms with Crippen LogP contribution in [0.25, 0.3) is 0 Å². The van der Waals surface area contributed by atoms with Crippen molar-refractivity contribution in [2.24, 2.45) is 5.41 Å². The molecule has 146 valence electrons. The van der Waals surface area contributed by atoms with Crippen LogP contribution in [0, 0.1) is 5.41 Å². The van der Waals surface area contributed by atoms with E-state index in [0.717, 1.165) is 10.5 Å². The van der Waals surface area contributed by atoms with Gasteiger partial charge in [0.15, 0.2) is 0 Å². The van der Waals surface area contributed by atoms with Gasteiger partial charge in [-0.05, 0) is 41.7 Å². The zero-order valence-corrected chi connectivity index (χ0v) is 16.4. The molecule has 2 aromatic rings. The molecule has 4 rings (SSSR count). The molecule has 1 N–H and O–H groups in total. The summed E-state index contributed by atoms with van der Waals surface area (Å²) in [6, 6.07) is 8.21. The second-order valence-electron chi connectivity index (χ2n) is 8.22. The van der Waals surface area contributed by atoms with Crippen molar-refractivity contribution in [2.75, 3.05) is 4.90 Å². The number of nitrogens with zero attached hydrogens (tertiary/aromatic N) is 2. The van der Waals surface area contributed by atoms with E-state index in [1.54, 1.807) is 19.1 Å². The van der Waals surface area contributed by atoms with Gasteiger partial charge in [0, 0.05) is 6.07 Å². The third-order valence-electron chi connectivity index (χ3n) is 4.93. The molecule has 3 amide bonds. The second-order valence-corrected chi connectivity index (χ2v) is 8.22. The molecule has 3 heterocycles. The zero-order chi connectivity index (χ0) is 20.1. The Hall–Kier alpha value is -2.93. The fourth-order valence-corrected chi connectivity index (χ4v) is 3.53. The minimum absolute atomic E-state index is 0.0102. The summed E-state index contributed by atoms with van der Waals surface area (Å²) in [7, 11) is 0. The van der Waals surface area contributed by atoms with Crippen LogP contribution in [-0.4, -0.2) is 23.0 Å². The molecule has 2 aliphatic heterocycles. The summed E-state index contributed by atoms with van der Waals surface area (Å²) in [5.41, 5.74) is 2.71. The molecule has 0 spiro atoms. The highest BCUT2D eigenvalue weighted by atomic mass is 16.5. The van der Waals surface area contributed by atoms with Crippen molar-refractivity contribution in [1.82, 2.24) is 10.3 Å². The molecule has 0 aliphatic carbocycles. The van der Waals surface area contributed by atoms with Crippen molar-refractivity contribution in [3.63, 3.8) is 0 Å². The summed E-state index contributed by atoms with van der Waals surface area (Å²) < 4.78 is 11.8. The number of ether oxygens (including phenoxy) is 2.